The van der Waals surface area contributed by atoms with Crippen molar-refractivity contribution in [1.82, 2.24) is 0 Å². The van der Waals surface area contributed by atoms with E-state index in [1.807, 2.05) is 91.0 Å². The molecule has 0 amide bonds. The summed E-state index contributed by atoms with van der Waals surface area (Å²) >= 11 is 0. The topological polar surface area (TPSA) is 35.5 Å². The summed E-state index contributed by atoms with van der Waals surface area (Å²) in [5.41, 5.74) is 0. The summed E-state index contributed by atoms with van der Waals surface area (Å²) in [6, 6.07) is 28.5. The normalized spacial score (nSPS) is 13.0. The third-order valence-electron chi connectivity index (χ3n) is 4.54. The Morgan fingerprint density at radius 1 is 0.828 bits per heavy atom. The molecule has 0 spiro atoms. The van der Waals surface area contributed by atoms with Crippen molar-refractivity contribution in [1.29, 1.82) is 0 Å². The smallest absolute Gasteiger partial charge is 0.359 e. The van der Waals surface area contributed by atoms with E-state index in [2.05, 4.69) is 6.58 Å². The zero-order chi connectivity index (χ0) is 21.8. The summed E-state index contributed by atoms with van der Waals surface area (Å²) < 4.78 is 42.4. The second kappa shape index (κ2) is 10.3. The molecule has 0 aliphatic carbocycles. The number of halogens is 1. The van der Waals surface area contributed by atoms with E-state index in [-0.39, 0.29) is 17.7 Å². The summed E-state index contributed by atoms with van der Waals surface area (Å²) in [5, 5.41) is 2.25. The van der Waals surface area contributed by atoms with Crippen molar-refractivity contribution >= 4 is 30.8 Å². The van der Waals surface area contributed by atoms with Gasteiger partial charge in [-0.05, 0) is 36.4 Å². The van der Waals surface area contributed by atoms with Crippen molar-refractivity contribution in [2.75, 3.05) is 20.3 Å². The summed E-state index contributed by atoms with van der Waals surface area (Å²) in [7, 11) is -4.43. The second-order valence-electron chi connectivity index (χ2n) is 6.10. The van der Waals surface area contributed by atoms with Gasteiger partial charge in [-0.25, -0.2) is 0 Å². The zero-order valence-electron chi connectivity index (χ0n) is 18.4. The fourth-order valence-corrected chi connectivity index (χ4v) is 8.20. The van der Waals surface area contributed by atoms with Crippen LogP contribution in [-0.4, -0.2) is 20.3 Å². The molecule has 0 atom stereocenters. The van der Waals surface area contributed by atoms with Gasteiger partial charge >= 0.3 is 7.60 Å². The van der Waals surface area contributed by atoms with Gasteiger partial charge in [-0.3, -0.25) is 4.57 Å². The lowest BCUT2D eigenvalue weighted by Gasteiger charge is -2.29. The molecule has 3 rings (SSSR count). The molecular weight excluding hydrogens is 422 g/mol. The first-order chi connectivity index (χ1) is 14.3. The van der Waals surface area contributed by atoms with Crippen molar-refractivity contribution in [2.24, 2.45) is 0 Å². The van der Waals surface area contributed by atoms with E-state index in [9.17, 15) is 7.31 Å². The number of rotatable bonds is 8. The SMILES string of the molecule is [2H]C([2H])(C(=C)P(=O)(OC)OC)[P+](c1ccccc1)(c1ccccc1)c1ccccc1.[Cl-]. The number of allylic oxidation sites excluding steroid dienone is 1. The Morgan fingerprint density at radius 2 is 1.14 bits per heavy atom. The van der Waals surface area contributed by atoms with Crippen molar-refractivity contribution in [3.8, 4) is 0 Å². The minimum Gasteiger partial charge on any atom is -1.00 e. The van der Waals surface area contributed by atoms with Gasteiger partial charge in [0, 0.05) is 14.2 Å². The van der Waals surface area contributed by atoms with E-state index in [4.69, 9.17) is 9.05 Å². The Morgan fingerprint density at radius 3 is 1.41 bits per heavy atom. The highest BCUT2D eigenvalue weighted by atomic mass is 35.5. The minimum atomic E-state index is -3.89. The molecule has 29 heavy (non-hydrogen) atoms. The van der Waals surface area contributed by atoms with Crippen LogP contribution in [0.5, 0.6) is 0 Å². The van der Waals surface area contributed by atoms with Crippen LogP contribution >= 0.6 is 14.9 Å². The van der Waals surface area contributed by atoms with Crippen LogP contribution < -0.4 is 28.3 Å². The highest BCUT2D eigenvalue weighted by molar-refractivity contribution is 7.96. The second-order valence-corrected chi connectivity index (χ2v) is 11.5. The molecule has 0 heterocycles. The van der Waals surface area contributed by atoms with Gasteiger partial charge in [0.2, 0.25) is 0 Å². The number of benzene rings is 3. The van der Waals surface area contributed by atoms with Crippen LogP contribution in [0.2, 0.25) is 0 Å². The Bertz CT molecular complexity index is 944. The maximum absolute atomic E-state index is 13.3. The van der Waals surface area contributed by atoms with Crippen molar-refractivity contribution in [2.45, 2.75) is 0 Å². The summed E-state index contributed by atoms with van der Waals surface area (Å²) in [4.78, 5) is 0. The van der Waals surface area contributed by atoms with Crippen molar-refractivity contribution < 1.29 is 28.8 Å². The molecule has 3 nitrogen and oxygen atoms in total. The molecule has 0 radical (unpaired) electrons. The van der Waals surface area contributed by atoms with Gasteiger partial charge < -0.3 is 21.5 Å². The first-order valence-corrected chi connectivity index (χ1v) is 12.1. The van der Waals surface area contributed by atoms with Crippen LogP contribution in [0, 0.1) is 0 Å². The van der Waals surface area contributed by atoms with Gasteiger partial charge in [-0.15, -0.1) is 0 Å². The molecule has 3 aromatic carbocycles. The highest BCUT2D eigenvalue weighted by Gasteiger charge is 2.48. The Labute approximate surface area is 182 Å². The molecule has 0 aliphatic rings. The van der Waals surface area contributed by atoms with E-state index in [0.717, 1.165) is 15.9 Å². The summed E-state index contributed by atoms with van der Waals surface area (Å²) in [6.45, 7) is 3.92. The first-order valence-electron chi connectivity index (χ1n) is 9.82. The van der Waals surface area contributed by atoms with E-state index in [1.54, 1.807) is 0 Å². The minimum absolute atomic E-state index is 0. The lowest BCUT2D eigenvalue weighted by Crippen LogP contribution is -3.00. The highest BCUT2D eigenvalue weighted by Crippen LogP contribution is 2.64. The van der Waals surface area contributed by atoms with Crippen LogP contribution in [0.25, 0.3) is 0 Å². The maximum atomic E-state index is 13.3. The molecule has 0 N–H and O–H groups in total. The Hall–Kier alpha value is -1.73. The molecule has 152 valence electrons. The van der Waals surface area contributed by atoms with Crippen LogP contribution in [0.4, 0.5) is 0 Å². The van der Waals surface area contributed by atoms with E-state index >= 15 is 0 Å². The molecule has 0 aliphatic heterocycles. The Kier molecular flexibility index (Phi) is 7.33. The van der Waals surface area contributed by atoms with E-state index in [1.165, 1.54) is 14.2 Å². The largest absolute Gasteiger partial charge is 1.00 e. The van der Waals surface area contributed by atoms with Crippen LogP contribution in [0.3, 0.4) is 0 Å². The Balaban J connectivity index is 0.00000341. The van der Waals surface area contributed by atoms with Gasteiger partial charge in [0.15, 0.2) is 0 Å². The monoisotopic (exact) mass is 448 g/mol. The lowest BCUT2D eigenvalue weighted by molar-refractivity contribution is -0.00000872. The van der Waals surface area contributed by atoms with Crippen molar-refractivity contribution in [3.63, 3.8) is 0 Å². The van der Waals surface area contributed by atoms with Crippen molar-refractivity contribution in [3.05, 3.63) is 103 Å². The molecular formula is C23H25ClO3P2. The average Bonchev–Trinajstić information content (AvgIpc) is 2.80. The number of hydrogen-bond acceptors (Lipinski definition) is 3. The predicted molar refractivity (Wildman–Crippen MR) is 121 cm³/mol. The van der Waals surface area contributed by atoms with Crippen LogP contribution in [0.15, 0.2) is 103 Å². The summed E-state index contributed by atoms with van der Waals surface area (Å²) in [5.74, 6) is 0. The lowest BCUT2D eigenvalue weighted by atomic mass is 10.4. The van der Waals surface area contributed by atoms with Gasteiger partial charge in [0.1, 0.15) is 29.3 Å². The molecule has 6 heteroatoms. The third kappa shape index (κ3) is 4.72. The van der Waals surface area contributed by atoms with Crippen LogP contribution in [-0.2, 0) is 13.6 Å². The zero-order valence-corrected chi connectivity index (χ0v) is 18.9. The molecule has 0 unspecified atom stereocenters. The first kappa shape index (κ1) is 20.5. The van der Waals surface area contributed by atoms with Gasteiger partial charge in [0.05, 0.1) is 8.06 Å². The standard InChI is InChI=1S/C23H25O3P2.ClH/c1-20(28(24,25-2)26-3)19-27(21-13-7-4-8-14-21,22-15-9-5-10-16-22)23-17-11-6-12-18-23;/h4-18H,1,19H2,2-3H3;1H/q+1;/p-1/i19D2;. The van der Waals surface area contributed by atoms with Gasteiger partial charge in [-0.1, -0.05) is 61.2 Å². The van der Waals surface area contributed by atoms with Gasteiger partial charge in [0.25, 0.3) is 0 Å². The molecule has 3 aromatic rings. The molecule has 0 bridgehead atoms. The van der Waals surface area contributed by atoms with E-state index < -0.39 is 21.0 Å². The molecule has 0 fully saturated rings. The van der Waals surface area contributed by atoms with E-state index in [0.29, 0.717) is 0 Å². The molecule has 0 saturated heterocycles. The number of hydrogen-bond donors (Lipinski definition) is 0. The quantitative estimate of drug-likeness (QED) is 0.494. The average molecular weight is 449 g/mol. The van der Waals surface area contributed by atoms with Gasteiger partial charge in [-0.2, -0.15) is 0 Å². The maximum Gasteiger partial charge on any atom is 0.359 e. The molecule has 0 saturated carbocycles. The fourth-order valence-electron chi connectivity index (χ4n) is 3.15. The summed E-state index contributed by atoms with van der Waals surface area (Å²) in [6.07, 6.45) is -2.13. The fraction of sp³-hybridized carbons (Fsp3) is 0.130. The predicted octanol–water partition coefficient (Wildman–Crippen LogP) is 1.98. The van der Waals surface area contributed by atoms with Crippen LogP contribution in [0.1, 0.15) is 2.74 Å². The molecule has 0 aromatic heterocycles. The third-order valence-corrected chi connectivity index (χ3v) is 10.3.